The van der Waals surface area contributed by atoms with E-state index in [-0.39, 0.29) is 23.4 Å². The van der Waals surface area contributed by atoms with E-state index < -0.39 is 30.2 Å². The van der Waals surface area contributed by atoms with Crippen molar-refractivity contribution in [3.63, 3.8) is 0 Å². The van der Waals surface area contributed by atoms with Crippen molar-refractivity contribution in [2.24, 2.45) is 0 Å². The minimum Gasteiger partial charge on any atom is -0.408 e. The minimum atomic E-state index is -4.97. The van der Waals surface area contributed by atoms with Gasteiger partial charge >= 0.3 is 24.3 Å². The molecule has 0 saturated heterocycles. The van der Waals surface area contributed by atoms with Crippen molar-refractivity contribution >= 4 is 28.6 Å². The number of alkyl halides is 4. The summed E-state index contributed by atoms with van der Waals surface area (Å²) < 4.78 is 73.3. The van der Waals surface area contributed by atoms with Gasteiger partial charge in [0.1, 0.15) is 5.82 Å². The van der Waals surface area contributed by atoms with Crippen molar-refractivity contribution in [1.29, 1.82) is 0 Å². The number of hydrogen-bond acceptors (Lipinski definition) is 3. The Morgan fingerprint density at radius 2 is 1.82 bits per heavy atom. The molecule has 11 heteroatoms. The van der Waals surface area contributed by atoms with E-state index in [1.165, 1.54) is 41.3 Å². The third-order valence-electron chi connectivity index (χ3n) is 5.19. The molecular weight excluding hydrogens is 461 g/mol. The van der Waals surface area contributed by atoms with Crippen LogP contribution in [-0.4, -0.2) is 46.9 Å². The molecule has 1 heterocycles. The number of amides is 2. The molecule has 2 amide bonds. The van der Waals surface area contributed by atoms with E-state index in [4.69, 9.17) is 4.74 Å². The van der Waals surface area contributed by atoms with Gasteiger partial charge in [0.05, 0.1) is 11.2 Å². The Morgan fingerprint density at radius 3 is 2.44 bits per heavy atom. The van der Waals surface area contributed by atoms with Crippen molar-refractivity contribution in [3.05, 3.63) is 60.0 Å². The van der Waals surface area contributed by atoms with Crippen LogP contribution in [0.2, 0.25) is 0 Å². The van der Waals surface area contributed by atoms with E-state index in [1.807, 2.05) is 0 Å². The van der Waals surface area contributed by atoms with Crippen molar-refractivity contribution in [1.82, 2.24) is 9.47 Å². The highest BCUT2D eigenvalue weighted by Crippen LogP contribution is 2.36. The second-order valence-corrected chi connectivity index (χ2v) is 7.36. The Balaban J connectivity index is 2.05. The largest absolute Gasteiger partial charge is 0.415 e. The van der Waals surface area contributed by atoms with Crippen LogP contribution >= 0.6 is 0 Å². The van der Waals surface area contributed by atoms with Crippen LogP contribution in [0, 0.1) is 5.82 Å². The van der Waals surface area contributed by atoms with E-state index in [0.29, 0.717) is 24.2 Å². The molecule has 0 radical (unpaired) electrons. The third kappa shape index (κ3) is 5.13. The van der Waals surface area contributed by atoms with E-state index >= 15 is 0 Å². The minimum absolute atomic E-state index is 0.166. The molecule has 0 spiro atoms. The van der Waals surface area contributed by atoms with Gasteiger partial charge in [0.15, 0.2) is 5.75 Å². The smallest absolute Gasteiger partial charge is 0.408 e. The topological polar surface area (TPSA) is 63.6 Å². The number of anilines is 1. The van der Waals surface area contributed by atoms with Crippen LogP contribution in [0.15, 0.2) is 48.7 Å². The number of nitrogens with one attached hydrogen (secondary N) is 1. The number of ether oxygens (including phenoxy) is 1. The summed E-state index contributed by atoms with van der Waals surface area (Å²) in [7, 11) is 0. The van der Waals surface area contributed by atoms with Crippen molar-refractivity contribution in [3.8, 4) is 5.75 Å². The number of benzene rings is 2. The molecule has 1 aromatic heterocycles. The van der Waals surface area contributed by atoms with Gasteiger partial charge in [-0.1, -0.05) is 12.1 Å². The van der Waals surface area contributed by atoms with Gasteiger partial charge in [-0.15, -0.1) is 0 Å². The van der Waals surface area contributed by atoms with Crippen LogP contribution in [0.4, 0.5) is 32.4 Å². The summed E-state index contributed by atoms with van der Waals surface area (Å²) in [6.07, 6.45) is -3.49. The number of aromatic nitrogens is 1. The molecule has 0 saturated carbocycles. The number of nitrogens with zero attached hydrogens (tertiary/aromatic N) is 2. The highest BCUT2D eigenvalue weighted by molar-refractivity contribution is 6.06. The van der Waals surface area contributed by atoms with Gasteiger partial charge in [0, 0.05) is 31.2 Å². The zero-order valence-corrected chi connectivity index (χ0v) is 18.3. The van der Waals surface area contributed by atoms with Gasteiger partial charge in [0.25, 0.3) is 0 Å². The molecule has 0 aliphatic rings. The SMILES string of the molecule is CCN(CC)C(=O)Oc1ccc2c(ccn2Cc2cccc(F)c2)c1NC(=O)C(F)(F)C(F)F. The molecule has 0 unspecified atom stereocenters. The second kappa shape index (κ2) is 10.1. The number of carbonyl (C=O) groups is 2. The van der Waals surface area contributed by atoms with Crippen LogP contribution in [0.25, 0.3) is 10.9 Å². The lowest BCUT2D eigenvalue weighted by atomic mass is 10.1. The van der Waals surface area contributed by atoms with Crippen molar-refractivity contribution in [2.45, 2.75) is 32.7 Å². The van der Waals surface area contributed by atoms with Crippen LogP contribution in [0.5, 0.6) is 5.75 Å². The molecule has 0 aliphatic carbocycles. The maximum absolute atomic E-state index is 13.7. The predicted molar refractivity (Wildman–Crippen MR) is 116 cm³/mol. The summed E-state index contributed by atoms with van der Waals surface area (Å²) in [5.41, 5.74) is 0.647. The maximum Gasteiger partial charge on any atom is 0.415 e. The summed E-state index contributed by atoms with van der Waals surface area (Å²) in [4.78, 5) is 25.7. The van der Waals surface area contributed by atoms with E-state index in [1.54, 1.807) is 36.0 Å². The fourth-order valence-corrected chi connectivity index (χ4v) is 3.37. The molecule has 6 nitrogen and oxygen atoms in total. The number of carbonyl (C=O) groups excluding carboxylic acids is 2. The zero-order valence-electron chi connectivity index (χ0n) is 18.3. The molecule has 34 heavy (non-hydrogen) atoms. The van der Waals surface area contributed by atoms with E-state index in [9.17, 15) is 31.5 Å². The summed E-state index contributed by atoms with van der Waals surface area (Å²) in [6.45, 7) is 4.19. The lowest BCUT2D eigenvalue weighted by Gasteiger charge is -2.21. The second-order valence-electron chi connectivity index (χ2n) is 7.36. The quantitative estimate of drug-likeness (QED) is 0.430. The van der Waals surface area contributed by atoms with Gasteiger partial charge in [-0.25, -0.2) is 18.0 Å². The highest BCUT2D eigenvalue weighted by Gasteiger charge is 2.49. The lowest BCUT2D eigenvalue weighted by Crippen LogP contribution is -2.41. The van der Waals surface area contributed by atoms with Gasteiger partial charge in [-0.3, -0.25) is 4.79 Å². The van der Waals surface area contributed by atoms with E-state index in [0.717, 1.165) is 0 Å². The molecule has 1 N–H and O–H groups in total. The Morgan fingerprint density at radius 1 is 1.12 bits per heavy atom. The normalized spacial score (nSPS) is 11.6. The van der Waals surface area contributed by atoms with Gasteiger partial charge < -0.3 is 19.5 Å². The number of fused-ring (bicyclic) bond motifs is 1. The Bertz CT molecular complexity index is 1190. The number of hydrogen-bond donors (Lipinski definition) is 1. The first-order valence-electron chi connectivity index (χ1n) is 10.4. The van der Waals surface area contributed by atoms with Crippen LogP contribution in [0.3, 0.4) is 0 Å². The lowest BCUT2D eigenvalue weighted by molar-refractivity contribution is -0.163. The van der Waals surface area contributed by atoms with Crippen LogP contribution in [-0.2, 0) is 11.3 Å². The Hall–Kier alpha value is -3.63. The predicted octanol–water partition coefficient (Wildman–Crippen LogP) is 5.51. The van der Waals surface area contributed by atoms with Gasteiger partial charge in [-0.2, -0.15) is 8.78 Å². The fourth-order valence-electron chi connectivity index (χ4n) is 3.37. The standard InChI is InChI=1S/C23H22F5N3O3/c1-3-30(4-2)22(33)34-18-9-8-17-16(19(18)29-21(32)23(27,28)20(25)26)10-11-31(17)13-14-6-5-7-15(24)12-14/h5-12,20H,3-4,13H2,1-2H3,(H,29,32). The third-order valence-corrected chi connectivity index (χ3v) is 5.19. The summed E-state index contributed by atoms with van der Waals surface area (Å²) in [5, 5.41) is 1.97. The molecule has 2 aromatic carbocycles. The number of rotatable bonds is 8. The first-order chi connectivity index (χ1) is 16.1. The molecule has 0 aliphatic heterocycles. The fraction of sp³-hybridized carbons (Fsp3) is 0.304. The van der Waals surface area contributed by atoms with Crippen LogP contribution < -0.4 is 10.1 Å². The van der Waals surface area contributed by atoms with Gasteiger partial charge in [-0.05, 0) is 49.7 Å². The molecule has 3 rings (SSSR count). The zero-order chi connectivity index (χ0) is 25.0. The summed E-state index contributed by atoms with van der Waals surface area (Å²) >= 11 is 0. The highest BCUT2D eigenvalue weighted by atomic mass is 19.3. The molecule has 0 atom stereocenters. The van der Waals surface area contributed by atoms with Crippen LogP contribution in [0.1, 0.15) is 19.4 Å². The van der Waals surface area contributed by atoms with Crippen molar-refractivity contribution < 1.29 is 36.3 Å². The average molecular weight is 483 g/mol. The average Bonchev–Trinajstić information content (AvgIpc) is 3.18. The monoisotopic (exact) mass is 483 g/mol. The molecule has 3 aromatic rings. The van der Waals surface area contributed by atoms with Gasteiger partial charge in [0.2, 0.25) is 0 Å². The first kappa shape index (κ1) is 25.0. The molecule has 182 valence electrons. The summed E-state index contributed by atoms with van der Waals surface area (Å²) in [5.74, 6) is -7.94. The van der Waals surface area contributed by atoms with E-state index in [2.05, 4.69) is 0 Å². The molecular formula is C23H22F5N3O3. The first-order valence-corrected chi connectivity index (χ1v) is 10.4. The molecule has 0 bridgehead atoms. The van der Waals surface area contributed by atoms with Crippen molar-refractivity contribution in [2.75, 3.05) is 18.4 Å². The molecule has 0 fully saturated rings. The Kier molecular flexibility index (Phi) is 7.43. The number of halogens is 5. The maximum atomic E-state index is 13.7. The summed E-state index contributed by atoms with van der Waals surface area (Å²) in [6, 6.07) is 10.0. The Labute approximate surface area is 191 Å².